The van der Waals surface area contributed by atoms with Crippen molar-refractivity contribution in [1.29, 1.82) is 0 Å². The lowest BCUT2D eigenvalue weighted by molar-refractivity contribution is -0.132. The third-order valence-electron chi connectivity index (χ3n) is 5.37. The lowest BCUT2D eigenvalue weighted by atomic mass is 10.2. The fourth-order valence-electron chi connectivity index (χ4n) is 3.61. The third-order valence-corrected chi connectivity index (χ3v) is 5.93. The van der Waals surface area contributed by atoms with Crippen molar-refractivity contribution in [3.8, 4) is 11.4 Å². The summed E-state index contributed by atoms with van der Waals surface area (Å²) in [5.74, 6) is 0.933. The average molecular weight is 487 g/mol. The Balaban J connectivity index is 1.38. The van der Waals surface area contributed by atoms with E-state index in [1.165, 1.54) is 6.20 Å². The van der Waals surface area contributed by atoms with E-state index in [1.54, 1.807) is 35.8 Å². The van der Waals surface area contributed by atoms with E-state index in [0.29, 0.717) is 54.0 Å². The number of nitrogens with zero attached hydrogens (tertiary/aromatic N) is 5. The number of piperazine rings is 1. The number of ether oxygens (including phenoxy) is 1. The number of aromatic nitrogens is 4. The third kappa shape index (κ3) is 5.23. The van der Waals surface area contributed by atoms with Gasteiger partial charge in [0.2, 0.25) is 5.91 Å². The summed E-state index contributed by atoms with van der Waals surface area (Å²) >= 11 is 11.3. The van der Waals surface area contributed by atoms with Crippen molar-refractivity contribution in [2.75, 3.05) is 37.7 Å². The highest BCUT2D eigenvalue weighted by atomic mass is 35.5. The van der Waals surface area contributed by atoms with Crippen LogP contribution in [0, 0.1) is 4.77 Å². The van der Waals surface area contributed by atoms with Crippen LogP contribution in [0.15, 0.2) is 42.6 Å². The lowest BCUT2D eigenvalue weighted by Gasteiger charge is -2.35. The van der Waals surface area contributed by atoms with Crippen molar-refractivity contribution < 1.29 is 14.3 Å². The molecule has 0 aliphatic carbocycles. The van der Waals surface area contributed by atoms with E-state index < -0.39 is 0 Å². The number of amides is 1. The van der Waals surface area contributed by atoms with Crippen molar-refractivity contribution in [2.24, 2.45) is 0 Å². The van der Waals surface area contributed by atoms with Crippen LogP contribution in [-0.4, -0.2) is 69.3 Å². The molecule has 1 amide bonds. The van der Waals surface area contributed by atoms with Crippen LogP contribution in [0.2, 0.25) is 5.02 Å². The molecule has 0 spiro atoms. The van der Waals surface area contributed by atoms with E-state index in [-0.39, 0.29) is 18.4 Å². The van der Waals surface area contributed by atoms with Gasteiger partial charge in [-0.1, -0.05) is 11.6 Å². The number of aromatic amines is 1. The summed E-state index contributed by atoms with van der Waals surface area (Å²) in [7, 11) is 0. The quantitative estimate of drug-likeness (QED) is 0.422. The number of benzene rings is 1. The largest absolute Gasteiger partial charge is 0.462 e. The summed E-state index contributed by atoms with van der Waals surface area (Å²) < 4.78 is 7.07. The highest BCUT2D eigenvalue weighted by molar-refractivity contribution is 7.71. The van der Waals surface area contributed by atoms with Crippen LogP contribution in [0.25, 0.3) is 11.4 Å². The molecular formula is C22H23ClN6O3S. The van der Waals surface area contributed by atoms with Crippen LogP contribution in [0.3, 0.4) is 0 Å². The number of anilines is 1. The molecule has 0 bridgehead atoms. The second kappa shape index (κ2) is 10.1. The van der Waals surface area contributed by atoms with Gasteiger partial charge < -0.3 is 14.5 Å². The second-order valence-electron chi connectivity index (χ2n) is 7.44. The monoisotopic (exact) mass is 486 g/mol. The first kappa shape index (κ1) is 22.9. The number of pyridine rings is 1. The first-order valence-electron chi connectivity index (χ1n) is 10.5. The Hall–Kier alpha value is -3.24. The molecule has 0 unspecified atom stereocenters. The number of hydrogen-bond acceptors (Lipinski definition) is 7. The molecule has 2 aromatic heterocycles. The van der Waals surface area contributed by atoms with Gasteiger partial charge in [-0.25, -0.2) is 9.78 Å². The minimum absolute atomic E-state index is 0.0343. The normalized spacial score (nSPS) is 13.8. The Morgan fingerprint density at radius 2 is 1.85 bits per heavy atom. The molecule has 0 radical (unpaired) electrons. The molecule has 9 nitrogen and oxygen atoms in total. The zero-order valence-electron chi connectivity index (χ0n) is 18.0. The van der Waals surface area contributed by atoms with Crippen molar-refractivity contribution in [3.05, 3.63) is 58.0 Å². The molecule has 3 aromatic rings. The predicted molar refractivity (Wildman–Crippen MR) is 127 cm³/mol. The second-order valence-corrected chi connectivity index (χ2v) is 8.26. The number of hydrogen-bond donors (Lipinski definition) is 1. The van der Waals surface area contributed by atoms with E-state index in [0.717, 1.165) is 11.4 Å². The van der Waals surface area contributed by atoms with Gasteiger partial charge >= 0.3 is 5.97 Å². The minimum Gasteiger partial charge on any atom is -0.462 e. The van der Waals surface area contributed by atoms with Crippen molar-refractivity contribution in [1.82, 2.24) is 24.6 Å². The van der Waals surface area contributed by atoms with Gasteiger partial charge in [0.25, 0.3) is 0 Å². The highest BCUT2D eigenvalue weighted by Gasteiger charge is 2.23. The molecule has 1 aromatic carbocycles. The molecule has 1 fully saturated rings. The van der Waals surface area contributed by atoms with Gasteiger partial charge in [0, 0.05) is 43.0 Å². The van der Waals surface area contributed by atoms with Gasteiger partial charge in [-0.15, -0.1) is 0 Å². The van der Waals surface area contributed by atoms with E-state index in [4.69, 9.17) is 28.6 Å². The summed E-state index contributed by atoms with van der Waals surface area (Å²) in [6, 6.07) is 10.7. The number of halogens is 1. The molecule has 0 atom stereocenters. The summed E-state index contributed by atoms with van der Waals surface area (Å²) in [4.78, 5) is 33.1. The number of carbonyl (C=O) groups excluding carboxylic acids is 2. The first-order chi connectivity index (χ1) is 16.0. The molecule has 172 valence electrons. The van der Waals surface area contributed by atoms with Gasteiger partial charge in [-0.2, -0.15) is 5.10 Å². The van der Waals surface area contributed by atoms with Gasteiger partial charge in [0.05, 0.1) is 12.2 Å². The summed E-state index contributed by atoms with van der Waals surface area (Å²) in [6.45, 7) is 4.57. The summed E-state index contributed by atoms with van der Waals surface area (Å²) in [6.07, 6.45) is 1.52. The molecule has 1 aliphatic rings. The number of carbonyl (C=O) groups is 2. The summed E-state index contributed by atoms with van der Waals surface area (Å²) in [5, 5.41) is 7.67. The van der Waals surface area contributed by atoms with Crippen LogP contribution in [0.1, 0.15) is 17.3 Å². The van der Waals surface area contributed by atoms with Crippen LogP contribution < -0.4 is 4.90 Å². The molecule has 1 N–H and O–H groups in total. The average Bonchev–Trinajstić information content (AvgIpc) is 3.20. The molecule has 1 saturated heterocycles. The smallest absolute Gasteiger partial charge is 0.339 e. The van der Waals surface area contributed by atoms with Crippen LogP contribution in [0.5, 0.6) is 0 Å². The Morgan fingerprint density at radius 1 is 1.12 bits per heavy atom. The number of nitrogens with one attached hydrogen (secondary N) is 1. The molecule has 1 aliphatic heterocycles. The zero-order chi connectivity index (χ0) is 23.4. The minimum atomic E-state index is -0.386. The Labute approximate surface area is 200 Å². The van der Waals surface area contributed by atoms with Crippen LogP contribution in [0.4, 0.5) is 5.82 Å². The topological polar surface area (TPSA) is 96.4 Å². The standard InChI is InChI=1S/C22H23ClN6O3S/c1-2-32-21(31)16-5-8-18(24-13-16)27-9-11-28(12-10-27)19(30)14-29-20(25-26-22(29)33)15-3-6-17(23)7-4-15/h3-8,13H,2,9-12,14H2,1H3,(H,26,33). The van der Waals surface area contributed by atoms with E-state index in [2.05, 4.69) is 20.1 Å². The fourth-order valence-corrected chi connectivity index (χ4v) is 3.93. The zero-order valence-corrected chi connectivity index (χ0v) is 19.6. The van der Waals surface area contributed by atoms with Crippen molar-refractivity contribution >= 4 is 41.5 Å². The Morgan fingerprint density at radius 3 is 2.48 bits per heavy atom. The fraction of sp³-hybridized carbons (Fsp3) is 0.318. The Bertz CT molecular complexity index is 1180. The van der Waals surface area contributed by atoms with Gasteiger partial charge in [0.15, 0.2) is 10.6 Å². The molecule has 4 rings (SSSR count). The van der Waals surface area contributed by atoms with Crippen molar-refractivity contribution in [3.63, 3.8) is 0 Å². The highest BCUT2D eigenvalue weighted by Crippen LogP contribution is 2.21. The molecule has 0 saturated carbocycles. The first-order valence-corrected chi connectivity index (χ1v) is 11.3. The Kier molecular flexibility index (Phi) is 7.05. The maximum atomic E-state index is 13.0. The number of H-pyrrole nitrogens is 1. The SMILES string of the molecule is CCOC(=O)c1ccc(N2CCN(C(=O)Cn3c(-c4ccc(Cl)cc4)n[nH]c3=S)CC2)nc1. The lowest BCUT2D eigenvalue weighted by Crippen LogP contribution is -2.49. The maximum absolute atomic E-state index is 13.0. The van der Waals surface area contributed by atoms with E-state index in [1.807, 2.05) is 17.0 Å². The molecule has 11 heteroatoms. The number of esters is 1. The van der Waals surface area contributed by atoms with E-state index >= 15 is 0 Å². The number of rotatable bonds is 6. The predicted octanol–water partition coefficient (Wildman–Crippen LogP) is 3.18. The van der Waals surface area contributed by atoms with Crippen LogP contribution >= 0.6 is 23.8 Å². The molecule has 33 heavy (non-hydrogen) atoms. The van der Waals surface area contributed by atoms with Gasteiger partial charge in [-0.05, 0) is 55.5 Å². The van der Waals surface area contributed by atoms with Crippen molar-refractivity contribution in [2.45, 2.75) is 13.5 Å². The van der Waals surface area contributed by atoms with Gasteiger partial charge in [-0.3, -0.25) is 14.5 Å². The van der Waals surface area contributed by atoms with E-state index in [9.17, 15) is 9.59 Å². The summed E-state index contributed by atoms with van der Waals surface area (Å²) in [5.41, 5.74) is 1.24. The molecule has 3 heterocycles. The maximum Gasteiger partial charge on any atom is 0.339 e. The molecular weight excluding hydrogens is 464 g/mol. The van der Waals surface area contributed by atoms with Crippen LogP contribution in [-0.2, 0) is 16.1 Å². The van der Waals surface area contributed by atoms with Gasteiger partial charge in [0.1, 0.15) is 12.4 Å².